The minimum absolute atomic E-state index is 0.0304. The van der Waals surface area contributed by atoms with Crippen LogP contribution in [0.2, 0.25) is 0 Å². The van der Waals surface area contributed by atoms with Gasteiger partial charge in [-0.15, -0.1) is 0 Å². The summed E-state index contributed by atoms with van der Waals surface area (Å²) in [4.78, 5) is 1.78. The fraction of sp³-hybridized carbons (Fsp3) is 1.00. The van der Waals surface area contributed by atoms with Crippen molar-refractivity contribution in [1.29, 1.82) is 0 Å². The minimum atomic E-state index is -2.45. The van der Waals surface area contributed by atoms with Crippen LogP contribution in [0, 0.1) is 0 Å². The standard InChI is InChI=1S/C7H13F2NO/c1-10(2-3-11)6-4-7(8,9)5-6/h6,11H,2-5H2,1H3. The molecule has 1 aliphatic carbocycles. The average molecular weight is 165 g/mol. The minimum Gasteiger partial charge on any atom is -0.395 e. The van der Waals surface area contributed by atoms with Gasteiger partial charge >= 0.3 is 0 Å². The van der Waals surface area contributed by atoms with Crippen LogP contribution in [-0.2, 0) is 0 Å². The third-order valence-electron chi connectivity index (χ3n) is 2.14. The molecule has 0 spiro atoms. The first-order valence-electron chi connectivity index (χ1n) is 3.74. The Balaban J connectivity index is 2.21. The second kappa shape index (κ2) is 3.03. The van der Waals surface area contributed by atoms with Crippen molar-refractivity contribution >= 4 is 0 Å². The van der Waals surface area contributed by atoms with Crippen molar-refractivity contribution < 1.29 is 13.9 Å². The van der Waals surface area contributed by atoms with Gasteiger partial charge in [-0.2, -0.15) is 0 Å². The van der Waals surface area contributed by atoms with Gasteiger partial charge in [-0.05, 0) is 7.05 Å². The zero-order valence-electron chi connectivity index (χ0n) is 6.56. The molecule has 0 bridgehead atoms. The van der Waals surface area contributed by atoms with Crippen LogP contribution in [0.1, 0.15) is 12.8 Å². The molecule has 1 fully saturated rings. The van der Waals surface area contributed by atoms with Gasteiger partial charge in [-0.1, -0.05) is 0 Å². The Hall–Kier alpha value is -0.220. The molecule has 0 radical (unpaired) electrons. The van der Waals surface area contributed by atoms with E-state index in [0.717, 1.165) is 0 Å². The number of aliphatic hydroxyl groups is 1. The van der Waals surface area contributed by atoms with Crippen LogP contribution in [0.4, 0.5) is 8.78 Å². The van der Waals surface area contributed by atoms with E-state index in [4.69, 9.17) is 5.11 Å². The van der Waals surface area contributed by atoms with Crippen LogP contribution in [-0.4, -0.2) is 42.2 Å². The van der Waals surface area contributed by atoms with E-state index in [1.165, 1.54) is 0 Å². The van der Waals surface area contributed by atoms with Crippen LogP contribution in [0.15, 0.2) is 0 Å². The number of nitrogens with zero attached hydrogens (tertiary/aromatic N) is 1. The second-order valence-electron chi connectivity index (χ2n) is 3.12. The molecule has 0 aromatic rings. The fourth-order valence-corrected chi connectivity index (χ4v) is 1.28. The van der Waals surface area contributed by atoms with Crippen LogP contribution in [0.5, 0.6) is 0 Å². The summed E-state index contributed by atoms with van der Waals surface area (Å²) in [5.74, 6) is -2.45. The molecule has 0 aliphatic heterocycles. The van der Waals surface area contributed by atoms with E-state index >= 15 is 0 Å². The van der Waals surface area contributed by atoms with Crippen molar-refractivity contribution in [3.63, 3.8) is 0 Å². The Morgan fingerprint density at radius 1 is 1.55 bits per heavy atom. The number of hydrogen-bond acceptors (Lipinski definition) is 2. The number of halogens is 2. The highest BCUT2D eigenvalue weighted by molar-refractivity contribution is 4.91. The topological polar surface area (TPSA) is 23.5 Å². The first-order chi connectivity index (χ1) is 5.05. The van der Waals surface area contributed by atoms with E-state index in [-0.39, 0.29) is 25.5 Å². The van der Waals surface area contributed by atoms with Crippen LogP contribution < -0.4 is 0 Å². The summed E-state index contributed by atoms with van der Waals surface area (Å²) in [6, 6.07) is -0.0304. The Morgan fingerprint density at radius 3 is 2.45 bits per heavy atom. The van der Waals surface area contributed by atoms with E-state index in [2.05, 4.69) is 0 Å². The highest BCUT2D eigenvalue weighted by Crippen LogP contribution is 2.39. The number of aliphatic hydroxyl groups excluding tert-OH is 1. The quantitative estimate of drug-likeness (QED) is 0.665. The lowest BCUT2D eigenvalue weighted by Crippen LogP contribution is -2.49. The summed E-state index contributed by atoms with van der Waals surface area (Å²) in [5.41, 5.74) is 0. The summed E-state index contributed by atoms with van der Waals surface area (Å²) in [5, 5.41) is 8.51. The molecular weight excluding hydrogens is 152 g/mol. The molecule has 0 unspecified atom stereocenters. The second-order valence-corrected chi connectivity index (χ2v) is 3.12. The molecular formula is C7H13F2NO. The zero-order valence-corrected chi connectivity index (χ0v) is 6.56. The molecule has 66 valence electrons. The van der Waals surface area contributed by atoms with Gasteiger partial charge in [-0.25, -0.2) is 8.78 Å². The van der Waals surface area contributed by atoms with Crippen molar-refractivity contribution in [3.8, 4) is 0 Å². The molecule has 0 heterocycles. The van der Waals surface area contributed by atoms with Crippen molar-refractivity contribution in [1.82, 2.24) is 4.90 Å². The largest absolute Gasteiger partial charge is 0.395 e. The Morgan fingerprint density at radius 2 is 2.09 bits per heavy atom. The monoisotopic (exact) mass is 165 g/mol. The van der Waals surface area contributed by atoms with Gasteiger partial charge < -0.3 is 10.0 Å². The third kappa shape index (κ3) is 2.10. The predicted molar refractivity (Wildman–Crippen MR) is 37.7 cm³/mol. The van der Waals surface area contributed by atoms with Gasteiger partial charge in [0.05, 0.1) is 6.61 Å². The first kappa shape index (κ1) is 8.87. The Labute approximate surface area is 64.8 Å². The predicted octanol–water partition coefficient (Wildman–Crippen LogP) is 0.708. The van der Waals surface area contributed by atoms with Crippen molar-refractivity contribution in [2.75, 3.05) is 20.2 Å². The SMILES string of the molecule is CN(CCO)C1CC(F)(F)C1. The molecule has 0 amide bonds. The molecule has 4 heteroatoms. The molecule has 1 N–H and O–H groups in total. The highest BCUT2D eigenvalue weighted by atomic mass is 19.3. The van der Waals surface area contributed by atoms with Crippen molar-refractivity contribution in [3.05, 3.63) is 0 Å². The number of rotatable bonds is 3. The average Bonchev–Trinajstić information content (AvgIpc) is 1.83. The molecule has 1 aliphatic rings. The molecule has 0 saturated heterocycles. The van der Waals surface area contributed by atoms with E-state index < -0.39 is 5.92 Å². The van der Waals surface area contributed by atoms with E-state index in [1.54, 1.807) is 11.9 Å². The maximum Gasteiger partial charge on any atom is 0.251 e. The van der Waals surface area contributed by atoms with Gasteiger partial charge in [0, 0.05) is 25.4 Å². The van der Waals surface area contributed by atoms with Gasteiger partial charge in [-0.3, -0.25) is 0 Å². The van der Waals surface area contributed by atoms with Crippen molar-refractivity contribution in [2.45, 2.75) is 24.8 Å². The molecule has 0 aromatic heterocycles. The van der Waals surface area contributed by atoms with E-state index in [1.807, 2.05) is 0 Å². The van der Waals surface area contributed by atoms with Crippen LogP contribution in [0.25, 0.3) is 0 Å². The lowest BCUT2D eigenvalue weighted by atomic mass is 9.87. The normalized spacial score (nSPS) is 23.7. The van der Waals surface area contributed by atoms with Crippen LogP contribution >= 0.6 is 0 Å². The van der Waals surface area contributed by atoms with Crippen molar-refractivity contribution in [2.24, 2.45) is 0 Å². The maximum absolute atomic E-state index is 12.3. The van der Waals surface area contributed by atoms with Gasteiger partial charge in [0.15, 0.2) is 0 Å². The zero-order chi connectivity index (χ0) is 8.48. The molecule has 11 heavy (non-hydrogen) atoms. The molecule has 0 aromatic carbocycles. The van der Waals surface area contributed by atoms with E-state index in [9.17, 15) is 8.78 Å². The lowest BCUT2D eigenvalue weighted by Gasteiger charge is -2.40. The first-order valence-corrected chi connectivity index (χ1v) is 3.74. The molecule has 0 atom stereocenters. The van der Waals surface area contributed by atoms with Gasteiger partial charge in [0.2, 0.25) is 0 Å². The lowest BCUT2D eigenvalue weighted by molar-refractivity contribution is -0.121. The summed E-state index contributed by atoms with van der Waals surface area (Å²) in [6.07, 6.45) is -0.104. The summed E-state index contributed by atoms with van der Waals surface area (Å²) in [7, 11) is 1.76. The maximum atomic E-state index is 12.3. The number of alkyl halides is 2. The van der Waals surface area contributed by atoms with Crippen LogP contribution in [0.3, 0.4) is 0 Å². The Kier molecular flexibility index (Phi) is 2.44. The number of likely N-dealkylation sites (N-methyl/N-ethyl adjacent to an activating group) is 1. The summed E-state index contributed by atoms with van der Waals surface area (Å²) >= 11 is 0. The fourth-order valence-electron chi connectivity index (χ4n) is 1.28. The molecule has 1 saturated carbocycles. The third-order valence-corrected chi connectivity index (χ3v) is 2.14. The Bertz CT molecular complexity index is 132. The number of hydrogen-bond donors (Lipinski definition) is 1. The van der Waals surface area contributed by atoms with E-state index in [0.29, 0.717) is 6.54 Å². The molecule has 2 nitrogen and oxygen atoms in total. The smallest absolute Gasteiger partial charge is 0.251 e. The molecule has 1 rings (SSSR count). The summed E-state index contributed by atoms with van der Waals surface area (Å²) in [6.45, 7) is 0.527. The van der Waals surface area contributed by atoms with Gasteiger partial charge in [0.1, 0.15) is 0 Å². The summed E-state index contributed by atoms with van der Waals surface area (Å²) < 4.78 is 24.6. The van der Waals surface area contributed by atoms with Gasteiger partial charge in [0.25, 0.3) is 5.92 Å². The highest BCUT2D eigenvalue weighted by Gasteiger charge is 2.46.